The molecule has 0 aliphatic carbocycles. The van der Waals surface area contributed by atoms with E-state index in [4.69, 9.17) is 10.5 Å². The van der Waals surface area contributed by atoms with Gasteiger partial charge in [0.2, 0.25) is 0 Å². The van der Waals surface area contributed by atoms with Crippen LogP contribution in [-0.2, 0) is 4.74 Å². The molecule has 2 aromatic carbocycles. The molecule has 0 saturated heterocycles. The summed E-state index contributed by atoms with van der Waals surface area (Å²) in [5.41, 5.74) is 8.12. The highest BCUT2D eigenvalue weighted by Gasteiger charge is 2.19. The van der Waals surface area contributed by atoms with Crippen LogP contribution in [0.1, 0.15) is 19.8 Å². The Balaban J connectivity index is 2.12. The van der Waals surface area contributed by atoms with E-state index in [9.17, 15) is 9.18 Å². The molecular weight excluding hydrogens is 309 g/mol. The fourth-order valence-corrected chi connectivity index (χ4v) is 2.50. The summed E-state index contributed by atoms with van der Waals surface area (Å²) in [6.07, 6.45) is 1.05. The van der Waals surface area contributed by atoms with Crippen molar-refractivity contribution < 1.29 is 13.9 Å². The van der Waals surface area contributed by atoms with E-state index in [-0.39, 0.29) is 0 Å². The van der Waals surface area contributed by atoms with Crippen LogP contribution in [0.2, 0.25) is 0 Å². The molecule has 3 rings (SSSR count). The Kier molecular flexibility index (Phi) is 4.46. The normalized spacial score (nSPS) is 10.9. The Morgan fingerprint density at radius 3 is 2.83 bits per heavy atom. The molecule has 0 fully saturated rings. The second-order valence-corrected chi connectivity index (χ2v) is 5.48. The van der Waals surface area contributed by atoms with E-state index in [1.165, 1.54) is 12.1 Å². The van der Waals surface area contributed by atoms with Crippen molar-refractivity contribution in [2.75, 3.05) is 12.3 Å². The van der Waals surface area contributed by atoms with Gasteiger partial charge in [-0.2, -0.15) is 9.78 Å². The number of anilines is 1. The Morgan fingerprint density at radius 2 is 2.08 bits per heavy atom. The number of halogens is 1. The number of para-hydroxylation sites is 1. The van der Waals surface area contributed by atoms with Crippen LogP contribution in [0.25, 0.3) is 22.2 Å². The second kappa shape index (κ2) is 6.70. The molecule has 6 heteroatoms. The number of carbonyl (C=O) groups excluding carboxylic acids is 1. The molecule has 2 N–H and O–H groups in total. The maximum Gasteiger partial charge on any atom is 0.435 e. The van der Waals surface area contributed by atoms with Gasteiger partial charge in [0.05, 0.1) is 12.1 Å². The third kappa shape index (κ3) is 2.95. The van der Waals surface area contributed by atoms with Crippen molar-refractivity contribution >= 4 is 22.7 Å². The van der Waals surface area contributed by atoms with Gasteiger partial charge < -0.3 is 10.5 Å². The summed E-state index contributed by atoms with van der Waals surface area (Å²) in [5.74, 6) is -0.447. The number of nitrogens with zero attached hydrogens (tertiary/aromatic N) is 2. The van der Waals surface area contributed by atoms with Gasteiger partial charge >= 0.3 is 6.09 Å². The molecule has 124 valence electrons. The molecule has 0 amide bonds. The summed E-state index contributed by atoms with van der Waals surface area (Å²) < 4.78 is 20.0. The number of fused-ring (bicyclic) bond motifs is 1. The number of ether oxygens (including phenoxy) is 1. The van der Waals surface area contributed by atoms with E-state index in [1.54, 1.807) is 12.1 Å². The van der Waals surface area contributed by atoms with Gasteiger partial charge in [0.15, 0.2) is 0 Å². The SMILES string of the molecule is CCCCOC(=O)n1nc(-c2ccccc2N)c2ccc(F)cc21. The molecule has 1 aromatic heterocycles. The van der Waals surface area contributed by atoms with E-state index in [2.05, 4.69) is 5.10 Å². The average Bonchev–Trinajstić information content (AvgIpc) is 2.94. The molecule has 0 atom stereocenters. The van der Waals surface area contributed by atoms with Crippen LogP contribution in [0.15, 0.2) is 42.5 Å². The van der Waals surface area contributed by atoms with E-state index >= 15 is 0 Å². The van der Waals surface area contributed by atoms with E-state index in [0.717, 1.165) is 17.5 Å². The zero-order valence-electron chi connectivity index (χ0n) is 13.3. The number of rotatable bonds is 4. The summed E-state index contributed by atoms with van der Waals surface area (Å²) >= 11 is 0. The number of unbranched alkanes of at least 4 members (excludes halogenated alkanes) is 1. The van der Waals surface area contributed by atoms with Gasteiger partial charge in [-0.1, -0.05) is 31.5 Å². The molecule has 0 aliphatic heterocycles. The highest BCUT2D eigenvalue weighted by Crippen LogP contribution is 2.32. The maximum atomic E-state index is 13.7. The standard InChI is InChI=1S/C18H18FN3O2/c1-2-3-10-24-18(23)22-16-11-12(19)8-9-14(16)17(21-22)13-6-4-5-7-15(13)20/h4-9,11H,2-3,10,20H2,1H3. The number of aromatic nitrogens is 2. The zero-order chi connectivity index (χ0) is 17.1. The van der Waals surface area contributed by atoms with Gasteiger partial charge in [-0.05, 0) is 24.6 Å². The molecule has 24 heavy (non-hydrogen) atoms. The molecule has 1 heterocycles. The predicted octanol–water partition coefficient (Wildman–Crippen LogP) is 4.21. The fourth-order valence-electron chi connectivity index (χ4n) is 2.50. The first-order valence-electron chi connectivity index (χ1n) is 7.82. The van der Waals surface area contributed by atoms with Crippen molar-refractivity contribution in [3.05, 3.63) is 48.3 Å². The van der Waals surface area contributed by atoms with Crippen molar-refractivity contribution in [1.82, 2.24) is 9.78 Å². The minimum Gasteiger partial charge on any atom is -0.448 e. The van der Waals surface area contributed by atoms with Crippen LogP contribution in [0, 0.1) is 5.82 Å². The first-order chi connectivity index (χ1) is 11.6. The number of carbonyl (C=O) groups is 1. The van der Waals surface area contributed by atoms with Crippen molar-refractivity contribution in [1.29, 1.82) is 0 Å². The number of hydrogen-bond acceptors (Lipinski definition) is 4. The van der Waals surface area contributed by atoms with Crippen molar-refractivity contribution in [2.45, 2.75) is 19.8 Å². The minimum absolute atomic E-state index is 0.300. The lowest BCUT2D eigenvalue weighted by Gasteiger charge is -2.04. The topological polar surface area (TPSA) is 70.1 Å². The Labute approximate surface area is 138 Å². The predicted molar refractivity (Wildman–Crippen MR) is 91.2 cm³/mol. The Hall–Kier alpha value is -2.89. The summed E-state index contributed by atoms with van der Waals surface area (Å²) in [4.78, 5) is 12.3. The molecule has 3 aromatic rings. The van der Waals surface area contributed by atoms with Crippen LogP contribution in [0.5, 0.6) is 0 Å². The van der Waals surface area contributed by atoms with Crippen LogP contribution in [0.3, 0.4) is 0 Å². The first-order valence-corrected chi connectivity index (χ1v) is 7.82. The van der Waals surface area contributed by atoms with Crippen LogP contribution < -0.4 is 5.73 Å². The molecule has 0 bridgehead atoms. The molecule has 0 aliphatic rings. The van der Waals surface area contributed by atoms with Gasteiger partial charge in [0.1, 0.15) is 11.5 Å². The van der Waals surface area contributed by atoms with Crippen LogP contribution >= 0.6 is 0 Å². The molecule has 5 nitrogen and oxygen atoms in total. The summed E-state index contributed by atoms with van der Waals surface area (Å²) in [7, 11) is 0. The summed E-state index contributed by atoms with van der Waals surface area (Å²) in [6, 6.07) is 11.4. The third-order valence-corrected chi connectivity index (χ3v) is 3.76. The third-order valence-electron chi connectivity index (χ3n) is 3.76. The van der Waals surface area contributed by atoms with Crippen molar-refractivity contribution in [3.8, 4) is 11.3 Å². The summed E-state index contributed by atoms with van der Waals surface area (Å²) in [6.45, 7) is 2.30. The number of nitrogens with two attached hydrogens (primary N) is 1. The summed E-state index contributed by atoms with van der Waals surface area (Å²) in [5, 5.41) is 4.98. The van der Waals surface area contributed by atoms with Gasteiger partial charge in [-0.15, -0.1) is 0 Å². The highest BCUT2D eigenvalue weighted by molar-refractivity contribution is 5.99. The van der Waals surface area contributed by atoms with Crippen LogP contribution in [0.4, 0.5) is 14.9 Å². The first kappa shape index (κ1) is 16.0. The maximum absolute atomic E-state index is 13.7. The van der Waals surface area contributed by atoms with Gasteiger partial charge in [-0.25, -0.2) is 9.18 Å². The molecule has 0 saturated carbocycles. The smallest absolute Gasteiger partial charge is 0.435 e. The van der Waals surface area contributed by atoms with Crippen LogP contribution in [-0.4, -0.2) is 22.5 Å². The highest BCUT2D eigenvalue weighted by atomic mass is 19.1. The largest absolute Gasteiger partial charge is 0.448 e. The Bertz CT molecular complexity index is 889. The van der Waals surface area contributed by atoms with Gasteiger partial charge in [-0.3, -0.25) is 0 Å². The lowest BCUT2D eigenvalue weighted by molar-refractivity contribution is 0.144. The minimum atomic E-state index is -0.625. The van der Waals surface area contributed by atoms with Crippen molar-refractivity contribution in [3.63, 3.8) is 0 Å². The average molecular weight is 327 g/mol. The lowest BCUT2D eigenvalue weighted by atomic mass is 10.1. The molecule has 0 unspecified atom stereocenters. The lowest BCUT2D eigenvalue weighted by Crippen LogP contribution is -2.15. The second-order valence-electron chi connectivity index (χ2n) is 5.48. The van der Waals surface area contributed by atoms with Gasteiger partial charge in [0.25, 0.3) is 0 Å². The molecule has 0 radical (unpaired) electrons. The number of hydrogen-bond donors (Lipinski definition) is 1. The fraction of sp³-hybridized carbons (Fsp3) is 0.222. The van der Waals surface area contributed by atoms with E-state index in [1.807, 2.05) is 25.1 Å². The number of nitrogen functional groups attached to an aromatic ring is 1. The van der Waals surface area contributed by atoms with Crippen molar-refractivity contribution in [2.24, 2.45) is 0 Å². The van der Waals surface area contributed by atoms with E-state index < -0.39 is 11.9 Å². The van der Waals surface area contributed by atoms with E-state index in [0.29, 0.717) is 34.5 Å². The van der Waals surface area contributed by atoms with Gasteiger partial charge in [0, 0.05) is 22.7 Å². The quantitative estimate of drug-likeness (QED) is 0.575. The molecule has 0 spiro atoms. The Morgan fingerprint density at radius 1 is 1.29 bits per heavy atom. The zero-order valence-corrected chi connectivity index (χ0v) is 13.3. The molecular formula is C18H18FN3O2. The number of benzene rings is 2. The monoisotopic (exact) mass is 327 g/mol.